The van der Waals surface area contributed by atoms with Gasteiger partial charge in [0.1, 0.15) is 0 Å². The maximum absolute atomic E-state index is 12.1. The summed E-state index contributed by atoms with van der Waals surface area (Å²) in [6.07, 6.45) is 0.776. The maximum Gasteiger partial charge on any atom is 0.270 e. The Morgan fingerprint density at radius 1 is 1.45 bits per heavy atom. The van der Waals surface area contributed by atoms with Crippen LogP contribution in [0.3, 0.4) is 0 Å². The summed E-state index contributed by atoms with van der Waals surface area (Å²) >= 11 is 0. The van der Waals surface area contributed by atoms with Crippen LogP contribution in [0, 0.1) is 17.0 Å². The van der Waals surface area contributed by atoms with Gasteiger partial charge in [0.2, 0.25) is 0 Å². The van der Waals surface area contributed by atoms with Crippen LogP contribution >= 0.6 is 0 Å². The van der Waals surface area contributed by atoms with Crippen LogP contribution in [0.2, 0.25) is 0 Å². The molecule has 0 atom stereocenters. The van der Waals surface area contributed by atoms with E-state index in [-0.39, 0.29) is 11.3 Å². The van der Waals surface area contributed by atoms with Gasteiger partial charge in [-0.1, -0.05) is 13.0 Å². The summed E-state index contributed by atoms with van der Waals surface area (Å²) in [6, 6.07) is 5.91. The molecule has 0 saturated carbocycles. The second-order valence-electron chi connectivity index (χ2n) is 4.34. The number of carbonyl (C=O) groups excluding carboxylic acids is 1. The predicted molar refractivity (Wildman–Crippen MR) is 73.8 cm³/mol. The fraction of sp³-hybridized carbons (Fsp3) is 0.231. The second kappa shape index (κ2) is 5.52. The molecule has 0 unspecified atom stereocenters. The minimum atomic E-state index is -0.528. The number of hydrogen-bond donors (Lipinski definition) is 2. The molecule has 0 bridgehead atoms. The van der Waals surface area contributed by atoms with Crippen LogP contribution in [0.1, 0.15) is 28.5 Å². The van der Waals surface area contributed by atoms with E-state index >= 15 is 0 Å². The molecule has 20 heavy (non-hydrogen) atoms. The molecule has 1 amide bonds. The SMILES string of the molecule is CCc1cc(NC(=O)c2cc([N+](=O)[O-])ccc2C)n[nH]1. The zero-order valence-corrected chi connectivity index (χ0v) is 11.1. The van der Waals surface area contributed by atoms with Crippen molar-refractivity contribution < 1.29 is 9.72 Å². The van der Waals surface area contributed by atoms with Gasteiger partial charge in [0.15, 0.2) is 5.82 Å². The Labute approximate surface area is 115 Å². The van der Waals surface area contributed by atoms with Gasteiger partial charge in [0.25, 0.3) is 11.6 Å². The van der Waals surface area contributed by atoms with E-state index in [0.29, 0.717) is 11.4 Å². The summed E-state index contributed by atoms with van der Waals surface area (Å²) in [4.78, 5) is 22.3. The number of amides is 1. The van der Waals surface area contributed by atoms with Crippen LogP contribution in [0.25, 0.3) is 0 Å². The Bertz CT molecular complexity index is 663. The molecular weight excluding hydrogens is 260 g/mol. The van der Waals surface area contributed by atoms with Crippen molar-refractivity contribution >= 4 is 17.4 Å². The Morgan fingerprint density at radius 3 is 2.80 bits per heavy atom. The quantitative estimate of drug-likeness (QED) is 0.660. The standard InChI is InChI=1S/C13H14N4O3/c1-3-9-6-12(16-15-9)14-13(18)11-7-10(17(19)20)5-4-8(11)2/h4-7H,3H2,1-2H3,(H2,14,15,16,18). The van der Waals surface area contributed by atoms with Crippen molar-refractivity contribution in [1.82, 2.24) is 10.2 Å². The van der Waals surface area contributed by atoms with Crippen molar-refractivity contribution in [2.75, 3.05) is 5.32 Å². The molecule has 7 heteroatoms. The average molecular weight is 274 g/mol. The third-order valence-electron chi connectivity index (χ3n) is 2.93. The summed E-state index contributed by atoms with van der Waals surface area (Å²) in [5, 5.41) is 20.1. The lowest BCUT2D eigenvalue weighted by molar-refractivity contribution is -0.384. The van der Waals surface area contributed by atoms with Gasteiger partial charge in [-0.2, -0.15) is 5.10 Å². The molecule has 0 fully saturated rings. The number of aryl methyl sites for hydroxylation is 2. The highest BCUT2D eigenvalue weighted by Crippen LogP contribution is 2.18. The van der Waals surface area contributed by atoms with E-state index in [9.17, 15) is 14.9 Å². The van der Waals surface area contributed by atoms with Crippen molar-refractivity contribution in [3.05, 3.63) is 51.2 Å². The number of nitro benzene ring substituents is 1. The largest absolute Gasteiger partial charge is 0.305 e. The number of anilines is 1. The number of nitro groups is 1. The number of nitrogens with one attached hydrogen (secondary N) is 2. The number of rotatable bonds is 4. The molecule has 0 radical (unpaired) electrons. The van der Waals surface area contributed by atoms with Gasteiger partial charge in [0.05, 0.1) is 4.92 Å². The Kier molecular flexibility index (Phi) is 3.79. The van der Waals surface area contributed by atoms with E-state index in [2.05, 4.69) is 15.5 Å². The summed E-state index contributed by atoms with van der Waals surface area (Å²) in [6.45, 7) is 3.68. The van der Waals surface area contributed by atoms with Crippen LogP contribution in [0.15, 0.2) is 24.3 Å². The van der Waals surface area contributed by atoms with E-state index < -0.39 is 10.8 Å². The zero-order chi connectivity index (χ0) is 14.7. The number of carbonyl (C=O) groups is 1. The maximum atomic E-state index is 12.1. The van der Waals surface area contributed by atoms with Gasteiger partial charge < -0.3 is 5.32 Å². The van der Waals surface area contributed by atoms with Gasteiger partial charge in [-0.05, 0) is 18.9 Å². The summed E-state index contributed by atoms with van der Waals surface area (Å²) in [5.74, 6) is -0.0156. The van der Waals surface area contributed by atoms with Gasteiger partial charge in [-0.3, -0.25) is 20.0 Å². The van der Waals surface area contributed by atoms with Crippen LogP contribution in [0.4, 0.5) is 11.5 Å². The molecule has 104 valence electrons. The van der Waals surface area contributed by atoms with E-state index in [1.165, 1.54) is 12.1 Å². The monoisotopic (exact) mass is 274 g/mol. The molecule has 2 N–H and O–H groups in total. The van der Waals surface area contributed by atoms with Crippen molar-refractivity contribution in [3.63, 3.8) is 0 Å². The van der Waals surface area contributed by atoms with Crippen molar-refractivity contribution in [1.29, 1.82) is 0 Å². The highest BCUT2D eigenvalue weighted by atomic mass is 16.6. The highest BCUT2D eigenvalue weighted by Gasteiger charge is 2.15. The number of aromatic nitrogens is 2. The van der Waals surface area contributed by atoms with Crippen molar-refractivity contribution in [2.24, 2.45) is 0 Å². The lowest BCUT2D eigenvalue weighted by Gasteiger charge is -2.05. The Hall–Kier alpha value is -2.70. The summed E-state index contributed by atoms with van der Waals surface area (Å²) in [7, 11) is 0. The van der Waals surface area contributed by atoms with Gasteiger partial charge >= 0.3 is 0 Å². The predicted octanol–water partition coefficient (Wildman–Crippen LogP) is 2.44. The average Bonchev–Trinajstić information content (AvgIpc) is 2.86. The molecule has 0 aliphatic rings. The van der Waals surface area contributed by atoms with Gasteiger partial charge in [-0.15, -0.1) is 0 Å². The first-order chi connectivity index (χ1) is 9.51. The van der Waals surface area contributed by atoms with Crippen LogP contribution in [-0.4, -0.2) is 21.0 Å². The van der Waals surface area contributed by atoms with Crippen LogP contribution in [0.5, 0.6) is 0 Å². The topological polar surface area (TPSA) is 101 Å². The number of nitrogens with zero attached hydrogens (tertiary/aromatic N) is 2. The molecule has 1 aromatic heterocycles. The molecule has 2 rings (SSSR count). The molecule has 7 nitrogen and oxygen atoms in total. The second-order valence-corrected chi connectivity index (χ2v) is 4.34. The first-order valence-electron chi connectivity index (χ1n) is 6.12. The number of H-pyrrole nitrogens is 1. The first kappa shape index (κ1) is 13.7. The van der Waals surface area contributed by atoms with Crippen LogP contribution in [-0.2, 0) is 6.42 Å². The Morgan fingerprint density at radius 2 is 2.20 bits per heavy atom. The molecule has 1 heterocycles. The van der Waals surface area contributed by atoms with E-state index in [1.807, 2.05) is 6.92 Å². The minimum absolute atomic E-state index is 0.114. The molecule has 0 spiro atoms. The molecule has 1 aromatic carbocycles. The minimum Gasteiger partial charge on any atom is -0.305 e. The fourth-order valence-corrected chi connectivity index (χ4v) is 1.76. The third-order valence-corrected chi connectivity index (χ3v) is 2.93. The molecule has 2 aromatic rings. The molecule has 0 aliphatic carbocycles. The fourth-order valence-electron chi connectivity index (χ4n) is 1.76. The zero-order valence-electron chi connectivity index (χ0n) is 11.1. The number of aromatic amines is 1. The van der Waals surface area contributed by atoms with Crippen molar-refractivity contribution in [2.45, 2.75) is 20.3 Å². The van der Waals surface area contributed by atoms with E-state index in [1.54, 1.807) is 19.1 Å². The lowest BCUT2D eigenvalue weighted by atomic mass is 10.1. The van der Waals surface area contributed by atoms with Crippen LogP contribution < -0.4 is 5.32 Å². The van der Waals surface area contributed by atoms with Gasteiger partial charge in [0, 0.05) is 29.5 Å². The molecule has 0 aliphatic heterocycles. The number of benzene rings is 1. The van der Waals surface area contributed by atoms with Crippen molar-refractivity contribution in [3.8, 4) is 0 Å². The molecule has 0 saturated heterocycles. The van der Waals surface area contributed by atoms with Gasteiger partial charge in [-0.25, -0.2) is 0 Å². The van der Waals surface area contributed by atoms with E-state index in [4.69, 9.17) is 0 Å². The number of hydrogen-bond acceptors (Lipinski definition) is 4. The Balaban J connectivity index is 2.24. The number of non-ortho nitro benzene ring substituents is 1. The smallest absolute Gasteiger partial charge is 0.270 e. The third kappa shape index (κ3) is 2.82. The van der Waals surface area contributed by atoms with E-state index in [0.717, 1.165) is 12.1 Å². The molecular formula is C13H14N4O3. The summed E-state index contributed by atoms with van der Waals surface area (Å²) < 4.78 is 0. The summed E-state index contributed by atoms with van der Waals surface area (Å²) in [5.41, 5.74) is 1.72. The lowest BCUT2D eigenvalue weighted by Crippen LogP contribution is -2.14. The normalized spacial score (nSPS) is 10.3. The first-order valence-corrected chi connectivity index (χ1v) is 6.12. The highest BCUT2D eigenvalue weighted by molar-refractivity contribution is 6.05.